The Morgan fingerprint density at radius 2 is 1.77 bits per heavy atom. The molecule has 2 fully saturated rings. The number of unbranched alkanes of at least 4 members (excludes halogenated alkanes) is 1. The molecule has 4 N–H and O–H groups in total. The Bertz CT molecular complexity index is 1250. The summed E-state index contributed by atoms with van der Waals surface area (Å²) in [5.41, 5.74) is 8.86. The number of fused-ring (bicyclic) bond motifs is 4. The molecule has 8 nitrogen and oxygen atoms in total. The van der Waals surface area contributed by atoms with E-state index in [-0.39, 0.29) is 12.3 Å². The molecule has 2 aromatic carbocycles. The van der Waals surface area contributed by atoms with Gasteiger partial charge < -0.3 is 11.1 Å². The van der Waals surface area contributed by atoms with Crippen LogP contribution >= 0.6 is 0 Å². The Kier molecular flexibility index (Phi) is 5.51. The number of carbonyl (C=O) groups excluding carboxylic acids is 4. The molecule has 8 heteroatoms. The van der Waals surface area contributed by atoms with E-state index >= 15 is 0 Å². The predicted molar refractivity (Wildman–Crippen MR) is 131 cm³/mol. The maximum Gasteiger partial charge on any atom is 0.250 e. The van der Waals surface area contributed by atoms with Crippen LogP contribution in [0, 0.1) is 25.7 Å². The second kappa shape index (κ2) is 8.30. The minimum atomic E-state index is -1.44. The van der Waals surface area contributed by atoms with Crippen molar-refractivity contribution in [2.24, 2.45) is 17.6 Å². The van der Waals surface area contributed by atoms with Crippen LogP contribution < -0.4 is 21.3 Å². The van der Waals surface area contributed by atoms with Gasteiger partial charge >= 0.3 is 0 Å². The maximum atomic E-state index is 13.9. The molecule has 0 radical (unpaired) electrons. The standard InChI is InChI=1S/C27H30N4O4/c1-4-5-6-16-8-10-17(11-9-16)31-24(33)21-19(13-20(28)32)30-27(22(21)25(31)34)18-12-7-14(2)15(3)23(18)29-26(27)35/h7-12,19,21-22,30H,4-6,13H2,1-3H3,(H2,28,32)(H,29,35)/t19?,21-,22+,27?/m1/s1. The second-order valence-electron chi connectivity index (χ2n) is 9.90. The molecule has 4 atom stereocenters. The first-order chi connectivity index (χ1) is 16.7. The molecule has 0 aliphatic carbocycles. The quantitative estimate of drug-likeness (QED) is 0.555. The van der Waals surface area contributed by atoms with Crippen molar-refractivity contribution in [3.63, 3.8) is 0 Å². The topological polar surface area (TPSA) is 122 Å². The van der Waals surface area contributed by atoms with E-state index in [1.165, 1.54) is 4.90 Å². The second-order valence-corrected chi connectivity index (χ2v) is 9.90. The van der Waals surface area contributed by atoms with Crippen LogP contribution in [0.15, 0.2) is 36.4 Å². The summed E-state index contributed by atoms with van der Waals surface area (Å²) < 4.78 is 0. The van der Waals surface area contributed by atoms with Crippen molar-refractivity contribution in [2.75, 3.05) is 10.2 Å². The molecule has 3 aliphatic heterocycles. The van der Waals surface area contributed by atoms with Crippen LogP contribution in [0.25, 0.3) is 0 Å². The molecule has 0 aromatic heterocycles. The zero-order chi connectivity index (χ0) is 25.1. The molecular formula is C27H30N4O4. The summed E-state index contributed by atoms with van der Waals surface area (Å²) in [6.07, 6.45) is 2.90. The highest BCUT2D eigenvalue weighted by Crippen LogP contribution is 2.54. The number of nitrogens with one attached hydrogen (secondary N) is 2. The van der Waals surface area contributed by atoms with Crippen LogP contribution in [0.4, 0.5) is 11.4 Å². The van der Waals surface area contributed by atoms with E-state index in [9.17, 15) is 19.2 Å². The van der Waals surface area contributed by atoms with Gasteiger partial charge in [-0.2, -0.15) is 0 Å². The molecule has 4 amide bonds. The van der Waals surface area contributed by atoms with E-state index in [4.69, 9.17) is 5.73 Å². The van der Waals surface area contributed by atoms with Crippen LogP contribution in [-0.4, -0.2) is 29.7 Å². The first-order valence-electron chi connectivity index (χ1n) is 12.2. The van der Waals surface area contributed by atoms with Crippen LogP contribution in [0.2, 0.25) is 0 Å². The molecule has 5 rings (SSSR count). The van der Waals surface area contributed by atoms with Crippen molar-refractivity contribution < 1.29 is 19.2 Å². The average Bonchev–Trinajstić information content (AvgIpc) is 3.40. The highest BCUT2D eigenvalue weighted by Gasteiger charge is 2.70. The minimum absolute atomic E-state index is 0.154. The Morgan fingerprint density at radius 1 is 1.06 bits per heavy atom. The number of imide groups is 1. The first kappa shape index (κ1) is 23.2. The number of anilines is 2. The Balaban J connectivity index is 1.60. The molecule has 35 heavy (non-hydrogen) atoms. The number of nitrogens with zero attached hydrogens (tertiary/aromatic N) is 1. The zero-order valence-corrected chi connectivity index (χ0v) is 20.2. The van der Waals surface area contributed by atoms with Gasteiger partial charge in [-0.3, -0.25) is 24.5 Å². The predicted octanol–water partition coefficient (Wildman–Crippen LogP) is 2.45. The van der Waals surface area contributed by atoms with E-state index < -0.39 is 41.1 Å². The van der Waals surface area contributed by atoms with Crippen molar-refractivity contribution in [1.82, 2.24) is 5.32 Å². The summed E-state index contributed by atoms with van der Waals surface area (Å²) in [6, 6.07) is 10.4. The number of nitrogens with two attached hydrogens (primary N) is 1. The van der Waals surface area contributed by atoms with Gasteiger partial charge in [-0.25, -0.2) is 4.90 Å². The third-order valence-corrected chi connectivity index (χ3v) is 7.86. The van der Waals surface area contributed by atoms with Gasteiger partial charge in [-0.1, -0.05) is 37.6 Å². The summed E-state index contributed by atoms with van der Waals surface area (Å²) in [5.74, 6) is -3.71. The lowest BCUT2D eigenvalue weighted by Crippen LogP contribution is -2.53. The van der Waals surface area contributed by atoms with Crippen molar-refractivity contribution >= 4 is 35.0 Å². The molecule has 1 spiro atoms. The van der Waals surface area contributed by atoms with Gasteiger partial charge in [0.2, 0.25) is 23.6 Å². The van der Waals surface area contributed by atoms with Crippen molar-refractivity contribution in [3.05, 3.63) is 58.7 Å². The maximum absolute atomic E-state index is 13.9. The summed E-state index contributed by atoms with van der Waals surface area (Å²) in [5, 5.41) is 6.18. The van der Waals surface area contributed by atoms with Crippen LogP contribution in [-0.2, 0) is 31.1 Å². The molecule has 3 heterocycles. The molecule has 2 saturated heterocycles. The zero-order valence-electron chi connectivity index (χ0n) is 20.2. The van der Waals surface area contributed by atoms with Gasteiger partial charge in [0, 0.05) is 23.7 Å². The molecule has 0 saturated carbocycles. The number of aryl methyl sites for hydroxylation is 2. The number of hydrogen-bond acceptors (Lipinski definition) is 5. The van der Waals surface area contributed by atoms with Crippen LogP contribution in [0.1, 0.15) is 48.4 Å². The van der Waals surface area contributed by atoms with E-state index in [0.29, 0.717) is 16.9 Å². The number of amides is 4. The van der Waals surface area contributed by atoms with Gasteiger partial charge in [0.05, 0.1) is 17.5 Å². The average molecular weight is 475 g/mol. The fraction of sp³-hybridized carbons (Fsp3) is 0.407. The number of primary amides is 1. The van der Waals surface area contributed by atoms with E-state index in [1.54, 1.807) is 12.1 Å². The SMILES string of the molecule is CCCCc1ccc(N2C(=O)[C@@H]3C(CC(N)=O)NC4(C(=O)Nc5c4ccc(C)c5C)[C@@H]3C2=O)cc1. The van der Waals surface area contributed by atoms with Crippen LogP contribution in [0.5, 0.6) is 0 Å². The number of carbonyl (C=O) groups is 4. The number of hydrogen-bond donors (Lipinski definition) is 3. The first-order valence-corrected chi connectivity index (χ1v) is 12.2. The van der Waals surface area contributed by atoms with Gasteiger partial charge in [0.15, 0.2) is 0 Å². The Hall–Kier alpha value is -3.52. The summed E-state index contributed by atoms with van der Waals surface area (Å²) in [4.78, 5) is 54.3. The smallest absolute Gasteiger partial charge is 0.250 e. The number of rotatable bonds is 6. The molecule has 3 aliphatic rings. The fourth-order valence-electron chi connectivity index (χ4n) is 5.96. The minimum Gasteiger partial charge on any atom is -0.370 e. The third kappa shape index (κ3) is 3.31. The summed E-state index contributed by atoms with van der Waals surface area (Å²) in [7, 11) is 0. The van der Waals surface area contributed by atoms with Gasteiger partial charge in [-0.05, 0) is 55.5 Å². The highest BCUT2D eigenvalue weighted by atomic mass is 16.2. The molecule has 2 unspecified atom stereocenters. The monoisotopic (exact) mass is 474 g/mol. The van der Waals surface area contributed by atoms with E-state index in [0.717, 1.165) is 36.0 Å². The normalized spacial score (nSPS) is 26.9. The van der Waals surface area contributed by atoms with Crippen molar-refractivity contribution in [1.29, 1.82) is 0 Å². The third-order valence-electron chi connectivity index (χ3n) is 7.86. The highest BCUT2D eigenvalue weighted by molar-refractivity contribution is 6.26. The molecule has 182 valence electrons. The molecule has 0 bridgehead atoms. The molecule has 2 aromatic rings. The summed E-state index contributed by atoms with van der Waals surface area (Å²) >= 11 is 0. The molecular weight excluding hydrogens is 444 g/mol. The summed E-state index contributed by atoms with van der Waals surface area (Å²) in [6.45, 7) is 5.99. The largest absolute Gasteiger partial charge is 0.370 e. The van der Waals surface area contributed by atoms with Crippen molar-refractivity contribution in [2.45, 2.75) is 58.0 Å². The lowest BCUT2D eigenvalue weighted by Gasteiger charge is -2.29. The Labute approximate surface area is 204 Å². The Morgan fingerprint density at radius 3 is 2.43 bits per heavy atom. The van der Waals surface area contributed by atoms with Crippen molar-refractivity contribution in [3.8, 4) is 0 Å². The number of benzene rings is 2. The fourth-order valence-corrected chi connectivity index (χ4v) is 5.96. The van der Waals surface area contributed by atoms with E-state index in [2.05, 4.69) is 17.6 Å². The van der Waals surface area contributed by atoms with Gasteiger partial charge in [0.1, 0.15) is 5.54 Å². The van der Waals surface area contributed by atoms with Crippen LogP contribution in [0.3, 0.4) is 0 Å². The lowest BCUT2D eigenvalue weighted by molar-refractivity contribution is -0.130. The van der Waals surface area contributed by atoms with E-state index in [1.807, 2.05) is 38.1 Å². The lowest BCUT2D eigenvalue weighted by atomic mass is 9.76. The van der Waals surface area contributed by atoms with Gasteiger partial charge in [0.25, 0.3) is 0 Å². The van der Waals surface area contributed by atoms with Gasteiger partial charge in [-0.15, -0.1) is 0 Å².